The zero-order valence-electron chi connectivity index (χ0n) is 26.1. The van der Waals surface area contributed by atoms with Crippen LogP contribution >= 0.6 is 0 Å². The first kappa shape index (κ1) is 31.0. The van der Waals surface area contributed by atoms with Crippen LogP contribution in [0.3, 0.4) is 0 Å². The summed E-state index contributed by atoms with van der Waals surface area (Å²) >= 11 is 0. The standard InChI is InChI=1S/C33H60O3Si/c1-23(2)12-11-13-24(3)28-14-15-29-27(22-35)30(17-19-33(28,29)8)32(7)18-16-26(20-25(32)21-34)36-37(9,10)31(4,5)6/h21-30H,11-20H2,1-10H3/t24-,25-,26?,27+,28-,29+,30+,32+,33-/m1/s1. The number of aldehydes is 2. The summed E-state index contributed by atoms with van der Waals surface area (Å²) < 4.78 is 6.79. The Morgan fingerprint density at radius 2 is 1.51 bits per heavy atom. The summed E-state index contributed by atoms with van der Waals surface area (Å²) in [5.74, 6) is 3.13. The molecule has 0 radical (unpaired) electrons. The van der Waals surface area contributed by atoms with E-state index in [1.54, 1.807) is 0 Å². The van der Waals surface area contributed by atoms with Crippen LogP contribution in [0.15, 0.2) is 0 Å². The van der Waals surface area contributed by atoms with Gasteiger partial charge in [0.25, 0.3) is 0 Å². The third-order valence-electron chi connectivity index (χ3n) is 12.3. The van der Waals surface area contributed by atoms with Gasteiger partial charge in [-0.1, -0.05) is 74.7 Å². The molecule has 0 spiro atoms. The Bertz CT molecular complexity index is 785. The van der Waals surface area contributed by atoms with E-state index in [0.717, 1.165) is 43.4 Å². The smallest absolute Gasteiger partial charge is 0.192 e. The third-order valence-corrected chi connectivity index (χ3v) is 16.9. The number of rotatable bonds is 10. The number of fused-ring (bicyclic) bond motifs is 1. The van der Waals surface area contributed by atoms with Crippen LogP contribution in [0.25, 0.3) is 0 Å². The molecule has 3 aliphatic rings. The normalized spacial score (nSPS) is 39.9. The van der Waals surface area contributed by atoms with E-state index in [1.165, 1.54) is 51.1 Å². The van der Waals surface area contributed by atoms with Crippen LogP contribution in [-0.4, -0.2) is 27.0 Å². The van der Waals surface area contributed by atoms with E-state index in [4.69, 9.17) is 4.43 Å². The maximum Gasteiger partial charge on any atom is 0.192 e. The molecule has 3 fully saturated rings. The zero-order valence-corrected chi connectivity index (χ0v) is 27.1. The number of carbonyl (C=O) groups excluding carboxylic acids is 2. The predicted octanol–water partition coefficient (Wildman–Crippen LogP) is 9.10. The number of hydrogen-bond acceptors (Lipinski definition) is 3. The molecule has 0 saturated heterocycles. The highest BCUT2D eigenvalue weighted by Gasteiger charge is 2.59. The molecular weight excluding hydrogens is 472 g/mol. The van der Waals surface area contributed by atoms with Gasteiger partial charge in [-0.3, -0.25) is 0 Å². The van der Waals surface area contributed by atoms with Crippen LogP contribution in [0.2, 0.25) is 18.1 Å². The van der Waals surface area contributed by atoms with Crippen molar-refractivity contribution in [2.75, 3.05) is 0 Å². The summed E-state index contributed by atoms with van der Waals surface area (Å²) in [6.07, 6.45) is 14.3. The third kappa shape index (κ3) is 6.15. The van der Waals surface area contributed by atoms with Crippen molar-refractivity contribution in [3.8, 4) is 0 Å². The maximum absolute atomic E-state index is 12.8. The first-order valence-corrected chi connectivity index (χ1v) is 18.6. The molecule has 0 aromatic heterocycles. The molecule has 9 atom stereocenters. The molecule has 0 N–H and O–H groups in total. The minimum Gasteiger partial charge on any atom is -0.414 e. The van der Waals surface area contributed by atoms with E-state index in [1.807, 2.05) is 0 Å². The Morgan fingerprint density at radius 3 is 2.08 bits per heavy atom. The Balaban J connectivity index is 1.74. The Morgan fingerprint density at radius 1 is 0.892 bits per heavy atom. The van der Waals surface area contributed by atoms with Crippen LogP contribution in [-0.2, 0) is 14.0 Å². The SMILES string of the molecule is CC(C)CCC[C@@H](C)[C@H]1CC[C@H]2[C@H](C=O)[C@@H]([C@@]3(C)CCC(O[Si](C)(C)C(C)(C)C)C[C@@H]3C=O)CC[C@]12C. The first-order valence-electron chi connectivity index (χ1n) is 15.7. The molecule has 1 unspecified atom stereocenters. The van der Waals surface area contributed by atoms with Crippen LogP contribution in [0.4, 0.5) is 0 Å². The minimum absolute atomic E-state index is 0.0139. The van der Waals surface area contributed by atoms with Gasteiger partial charge in [-0.2, -0.15) is 0 Å². The zero-order chi connectivity index (χ0) is 27.8. The second kappa shape index (κ2) is 11.6. The van der Waals surface area contributed by atoms with Crippen molar-refractivity contribution in [3.63, 3.8) is 0 Å². The molecule has 4 heteroatoms. The molecule has 0 heterocycles. The van der Waals surface area contributed by atoms with E-state index in [2.05, 4.69) is 68.5 Å². The second-order valence-electron chi connectivity index (χ2n) is 16.0. The van der Waals surface area contributed by atoms with Crippen molar-refractivity contribution in [1.29, 1.82) is 0 Å². The van der Waals surface area contributed by atoms with Gasteiger partial charge in [-0.15, -0.1) is 0 Å². The van der Waals surface area contributed by atoms with Gasteiger partial charge < -0.3 is 14.0 Å². The predicted molar refractivity (Wildman–Crippen MR) is 158 cm³/mol. The molecule has 3 aliphatic carbocycles. The van der Waals surface area contributed by atoms with Crippen LogP contribution in [0, 0.1) is 52.3 Å². The summed E-state index contributed by atoms with van der Waals surface area (Å²) in [6, 6.07) is 0. The summed E-state index contributed by atoms with van der Waals surface area (Å²) in [7, 11) is -1.88. The summed E-state index contributed by atoms with van der Waals surface area (Å²) in [5, 5.41) is 0.172. The van der Waals surface area contributed by atoms with Crippen molar-refractivity contribution in [2.45, 2.75) is 144 Å². The van der Waals surface area contributed by atoms with E-state index < -0.39 is 8.32 Å². The van der Waals surface area contributed by atoms with Gasteiger partial charge in [0, 0.05) is 17.9 Å². The average molecular weight is 533 g/mol. The van der Waals surface area contributed by atoms with Gasteiger partial charge in [0.05, 0.1) is 0 Å². The first-order chi connectivity index (χ1) is 17.1. The van der Waals surface area contributed by atoms with Crippen LogP contribution in [0.1, 0.15) is 120 Å². The van der Waals surface area contributed by atoms with Crippen LogP contribution in [0.5, 0.6) is 0 Å². The Labute approximate surface area is 230 Å². The topological polar surface area (TPSA) is 43.4 Å². The van der Waals surface area contributed by atoms with E-state index >= 15 is 0 Å². The highest BCUT2D eigenvalue weighted by Crippen LogP contribution is 2.65. The number of hydrogen-bond donors (Lipinski definition) is 0. The largest absolute Gasteiger partial charge is 0.414 e. The molecule has 0 bridgehead atoms. The van der Waals surface area contributed by atoms with Crippen molar-refractivity contribution in [2.24, 2.45) is 52.3 Å². The molecule has 37 heavy (non-hydrogen) atoms. The van der Waals surface area contributed by atoms with Crippen LogP contribution < -0.4 is 0 Å². The highest BCUT2D eigenvalue weighted by molar-refractivity contribution is 6.74. The van der Waals surface area contributed by atoms with Gasteiger partial charge in [-0.05, 0) is 103 Å². The molecule has 0 aliphatic heterocycles. The fraction of sp³-hybridized carbons (Fsp3) is 0.939. The van der Waals surface area contributed by atoms with E-state index in [-0.39, 0.29) is 33.8 Å². The Hall–Kier alpha value is -0.483. The molecule has 0 aromatic rings. The molecule has 0 amide bonds. The lowest BCUT2D eigenvalue weighted by Gasteiger charge is -2.56. The summed E-state index contributed by atoms with van der Waals surface area (Å²) in [6.45, 7) is 23.5. The molecular formula is C33H60O3Si. The lowest BCUT2D eigenvalue weighted by atomic mass is 9.48. The molecule has 0 aromatic carbocycles. The van der Waals surface area contributed by atoms with Crippen molar-refractivity contribution < 1.29 is 14.0 Å². The lowest BCUT2D eigenvalue weighted by molar-refractivity contribution is -0.138. The summed E-state index contributed by atoms with van der Waals surface area (Å²) in [5.41, 5.74) is 0.178. The van der Waals surface area contributed by atoms with Gasteiger partial charge in [0.15, 0.2) is 8.32 Å². The fourth-order valence-electron chi connectivity index (χ4n) is 8.88. The van der Waals surface area contributed by atoms with Crippen molar-refractivity contribution in [1.82, 2.24) is 0 Å². The lowest BCUT2D eigenvalue weighted by Crippen LogP contribution is -2.53. The Kier molecular flexibility index (Phi) is 9.70. The van der Waals surface area contributed by atoms with Gasteiger partial charge in [0.1, 0.15) is 12.6 Å². The maximum atomic E-state index is 12.8. The fourth-order valence-corrected chi connectivity index (χ4v) is 10.3. The molecule has 3 saturated carbocycles. The number of carbonyl (C=O) groups is 2. The van der Waals surface area contributed by atoms with E-state index in [0.29, 0.717) is 11.8 Å². The molecule has 3 rings (SSSR count). The quantitative estimate of drug-likeness (QED) is 0.208. The summed E-state index contributed by atoms with van der Waals surface area (Å²) in [4.78, 5) is 25.4. The van der Waals surface area contributed by atoms with Gasteiger partial charge in [0.2, 0.25) is 0 Å². The average Bonchev–Trinajstić information content (AvgIpc) is 3.15. The van der Waals surface area contributed by atoms with Crippen molar-refractivity contribution >= 4 is 20.9 Å². The van der Waals surface area contributed by atoms with Gasteiger partial charge >= 0.3 is 0 Å². The minimum atomic E-state index is -1.88. The second-order valence-corrected chi connectivity index (χ2v) is 20.7. The molecule has 3 nitrogen and oxygen atoms in total. The van der Waals surface area contributed by atoms with Gasteiger partial charge in [-0.25, -0.2) is 0 Å². The van der Waals surface area contributed by atoms with Crippen molar-refractivity contribution in [3.05, 3.63) is 0 Å². The monoisotopic (exact) mass is 532 g/mol. The molecule has 214 valence electrons. The highest BCUT2D eigenvalue weighted by atomic mass is 28.4. The van der Waals surface area contributed by atoms with E-state index in [9.17, 15) is 9.59 Å².